The van der Waals surface area contributed by atoms with Crippen LogP contribution in [0.25, 0.3) is 22.1 Å². The van der Waals surface area contributed by atoms with Crippen LogP contribution in [0.5, 0.6) is 5.75 Å². The molecule has 1 atom stereocenters. The van der Waals surface area contributed by atoms with E-state index < -0.39 is 0 Å². The Morgan fingerprint density at radius 3 is 2.42 bits per heavy atom. The second-order valence-corrected chi connectivity index (χ2v) is 8.17. The van der Waals surface area contributed by atoms with Crippen LogP contribution in [-0.2, 0) is 11.2 Å². The summed E-state index contributed by atoms with van der Waals surface area (Å²) in [5, 5.41) is 3.44. The second kappa shape index (κ2) is 10.2. The number of aryl methyl sites for hydroxylation is 2. The Labute approximate surface area is 193 Å². The molecule has 0 aliphatic rings. The summed E-state index contributed by atoms with van der Waals surface area (Å²) in [5.41, 5.74) is 2.98. The number of hydrogen-bond acceptors (Lipinski definition) is 4. The van der Waals surface area contributed by atoms with E-state index in [1.165, 1.54) is 5.56 Å². The van der Waals surface area contributed by atoms with Crippen LogP contribution in [0.1, 0.15) is 24.7 Å². The van der Waals surface area contributed by atoms with Crippen LogP contribution in [0.2, 0.25) is 0 Å². The maximum absolute atomic E-state index is 13.0. The Morgan fingerprint density at radius 1 is 1.00 bits per heavy atom. The largest absolute Gasteiger partial charge is 0.484 e. The molecule has 0 saturated carbocycles. The van der Waals surface area contributed by atoms with Gasteiger partial charge in [0, 0.05) is 12.1 Å². The van der Waals surface area contributed by atoms with Crippen LogP contribution in [0.4, 0.5) is 0 Å². The highest BCUT2D eigenvalue weighted by Crippen LogP contribution is 2.26. The molecule has 0 aliphatic heterocycles. The highest BCUT2D eigenvalue weighted by atomic mass is 16.5. The third-order valence-corrected chi connectivity index (χ3v) is 5.59. The molecular weight excluding hydrogens is 414 g/mol. The Hall–Kier alpha value is -3.86. The first kappa shape index (κ1) is 22.3. The lowest BCUT2D eigenvalue weighted by atomic mass is 10.0. The molecular formula is C28H27NO4. The van der Waals surface area contributed by atoms with Crippen molar-refractivity contribution >= 4 is 16.9 Å². The molecule has 1 N–H and O–H groups in total. The summed E-state index contributed by atoms with van der Waals surface area (Å²) in [6.07, 6.45) is 1.75. The topological polar surface area (TPSA) is 68.5 Å². The molecule has 1 amide bonds. The van der Waals surface area contributed by atoms with Crippen LogP contribution < -0.4 is 15.5 Å². The number of nitrogens with one attached hydrogen (secondary N) is 1. The quantitative estimate of drug-likeness (QED) is 0.404. The van der Waals surface area contributed by atoms with Gasteiger partial charge in [0.05, 0.1) is 10.9 Å². The number of hydrogen-bond donors (Lipinski definition) is 1. The van der Waals surface area contributed by atoms with Crippen molar-refractivity contribution < 1.29 is 13.9 Å². The van der Waals surface area contributed by atoms with Crippen molar-refractivity contribution in [2.45, 2.75) is 32.7 Å². The molecule has 4 aromatic rings. The summed E-state index contributed by atoms with van der Waals surface area (Å²) in [6, 6.07) is 24.7. The monoisotopic (exact) mass is 441 g/mol. The van der Waals surface area contributed by atoms with E-state index >= 15 is 0 Å². The number of amides is 1. The molecule has 0 radical (unpaired) electrons. The van der Waals surface area contributed by atoms with Gasteiger partial charge in [-0.2, -0.15) is 0 Å². The van der Waals surface area contributed by atoms with Gasteiger partial charge in [-0.05, 0) is 49.9 Å². The molecule has 168 valence electrons. The smallest absolute Gasteiger partial charge is 0.258 e. The van der Waals surface area contributed by atoms with Gasteiger partial charge in [-0.3, -0.25) is 9.59 Å². The van der Waals surface area contributed by atoms with Gasteiger partial charge < -0.3 is 14.5 Å². The molecule has 0 saturated heterocycles. The van der Waals surface area contributed by atoms with Crippen molar-refractivity contribution in [2.24, 2.45) is 0 Å². The number of ether oxygens (including phenoxy) is 1. The summed E-state index contributed by atoms with van der Waals surface area (Å²) in [5.74, 6) is 0.832. The minimum Gasteiger partial charge on any atom is -0.484 e. The number of carbonyl (C=O) groups excluding carboxylic acids is 1. The van der Waals surface area contributed by atoms with Crippen molar-refractivity contribution in [1.29, 1.82) is 0 Å². The summed E-state index contributed by atoms with van der Waals surface area (Å²) in [7, 11) is 0. The molecule has 0 aliphatic carbocycles. The Kier molecular flexibility index (Phi) is 6.89. The lowest BCUT2D eigenvalue weighted by molar-refractivity contribution is -0.123. The van der Waals surface area contributed by atoms with E-state index in [1.54, 1.807) is 25.1 Å². The normalized spacial score (nSPS) is 11.8. The zero-order valence-electron chi connectivity index (χ0n) is 18.8. The fraction of sp³-hybridized carbons (Fsp3) is 0.214. The minimum absolute atomic E-state index is 0.0370. The summed E-state index contributed by atoms with van der Waals surface area (Å²) < 4.78 is 11.6. The molecule has 1 aromatic heterocycles. The molecule has 1 heterocycles. The van der Waals surface area contributed by atoms with Crippen LogP contribution in [0, 0.1) is 6.92 Å². The standard InChI is InChI=1S/C28H27NO4/c1-19(13-14-21-9-5-3-6-10-21)29-26(30)18-32-23-15-16-24-25(17-23)33-20(2)27(28(24)31)22-11-7-4-8-12-22/h3-12,15-17,19H,13-14,18H2,1-2H3,(H,29,30)/t19-/m1/s1. The van der Waals surface area contributed by atoms with Crippen LogP contribution in [0.15, 0.2) is 88.1 Å². The van der Waals surface area contributed by atoms with Gasteiger partial charge in [0.2, 0.25) is 5.43 Å². The average Bonchev–Trinajstić information content (AvgIpc) is 2.82. The highest BCUT2D eigenvalue weighted by molar-refractivity contribution is 5.84. The molecule has 0 unspecified atom stereocenters. The van der Waals surface area contributed by atoms with Crippen molar-refractivity contribution in [3.8, 4) is 16.9 Å². The number of rotatable bonds is 8. The SMILES string of the molecule is Cc1oc2cc(OCC(=O)N[C@H](C)CCc3ccccc3)ccc2c(=O)c1-c1ccccc1. The van der Waals surface area contributed by atoms with Crippen LogP contribution >= 0.6 is 0 Å². The van der Waals surface area contributed by atoms with Crippen molar-refractivity contribution in [3.05, 3.63) is 100 Å². The van der Waals surface area contributed by atoms with Gasteiger partial charge >= 0.3 is 0 Å². The van der Waals surface area contributed by atoms with Crippen LogP contribution in [-0.4, -0.2) is 18.6 Å². The van der Waals surface area contributed by atoms with Gasteiger partial charge in [-0.15, -0.1) is 0 Å². The first-order valence-electron chi connectivity index (χ1n) is 11.1. The third kappa shape index (κ3) is 5.50. The summed E-state index contributed by atoms with van der Waals surface area (Å²) in [4.78, 5) is 25.3. The average molecular weight is 442 g/mol. The van der Waals surface area contributed by atoms with E-state index in [0.717, 1.165) is 18.4 Å². The summed E-state index contributed by atoms with van der Waals surface area (Å²) in [6.45, 7) is 3.66. The van der Waals surface area contributed by atoms with Gasteiger partial charge in [0.1, 0.15) is 17.1 Å². The number of benzene rings is 3. The van der Waals surface area contributed by atoms with Gasteiger partial charge in [0.25, 0.3) is 5.91 Å². The lowest BCUT2D eigenvalue weighted by Gasteiger charge is -2.14. The molecule has 4 rings (SSSR count). The third-order valence-electron chi connectivity index (χ3n) is 5.59. The molecule has 5 nitrogen and oxygen atoms in total. The molecule has 3 aromatic carbocycles. The fourth-order valence-corrected chi connectivity index (χ4v) is 3.88. The van der Waals surface area contributed by atoms with E-state index in [-0.39, 0.29) is 24.0 Å². The Bertz CT molecular complexity index is 1300. The van der Waals surface area contributed by atoms with E-state index in [2.05, 4.69) is 17.4 Å². The maximum Gasteiger partial charge on any atom is 0.258 e. The van der Waals surface area contributed by atoms with Gasteiger partial charge in [-0.25, -0.2) is 0 Å². The lowest BCUT2D eigenvalue weighted by Crippen LogP contribution is -2.36. The van der Waals surface area contributed by atoms with Crippen molar-refractivity contribution in [3.63, 3.8) is 0 Å². The molecule has 5 heteroatoms. The first-order valence-corrected chi connectivity index (χ1v) is 11.1. The summed E-state index contributed by atoms with van der Waals surface area (Å²) >= 11 is 0. The molecule has 0 spiro atoms. The predicted octanol–water partition coefficient (Wildman–Crippen LogP) is 5.28. The van der Waals surface area contributed by atoms with E-state index in [1.807, 2.05) is 55.5 Å². The van der Waals surface area contributed by atoms with E-state index in [0.29, 0.717) is 28.0 Å². The van der Waals surface area contributed by atoms with E-state index in [4.69, 9.17) is 9.15 Å². The predicted molar refractivity (Wildman–Crippen MR) is 131 cm³/mol. The maximum atomic E-state index is 13.0. The van der Waals surface area contributed by atoms with Crippen LogP contribution in [0.3, 0.4) is 0 Å². The number of carbonyl (C=O) groups is 1. The first-order chi connectivity index (χ1) is 16.0. The molecule has 33 heavy (non-hydrogen) atoms. The minimum atomic E-state index is -0.187. The second-order valence-electron chi connectivity index (χ2n) is 8.17. The zero-order valence-corrected chi connectivity index (χ0v) is 18.8. The molecule has 0 fully saturated rings. The van der Waals surface area contributed by atoms with Gasteiger partial charge in [-0.1, -0.05) is 60.7 Å². The highest BCUT2D eigenvalue weighted by Gasteiger charge is 2.14. The van der Waals surface area contributed by atoms with Gasteiger partial charge in [0.15, 0.2) is 6.61 Å². The van der Waals surface area contributed by atoms with Crippen molar-refractivity contribution in [1.82, 2.24) is 5.32 Å². The van der Waals surface area contributed by atoms with E-state index in [9.17, 15) is 9.59 Å². The van der Waals surface area contributed by atoms with Crippen molar-refractivity contribution in [2.75, 3.05) is 6.61 Å². The Morgan fingerprint density at radius 2 is 1.70 bits per heavy atom. The number of fused-ring (bicyclic) bond motifs is 1. The fourth-order valence-electron chi connectivity index (χ4n) is 3.88. The Balaban J connectivity index is 1.39. The molecule has 0 bridgehead atoms. The zero-order chi connectivity index (χ0) is 23.2.